The Labute approximate surface area is 136 Å². The molecule has 122 valence electrons. The van der Waals surface area contributed by atoms with Gasteiger partial charge < -0.3 is 11.1 Å². The SMILES string of the molecule is CCN(CC)[C@H](CNC(=O)c1nccnc1N)c1ccccc1. The van der Waals surface area contributed by atoms with Gasteiger partial charge in [0.25, 0.3) is 5.91 Å². The minimum atomic E-state index is -0.302. The lowest BCUT2D eigenvalue weighted by atomic mass is 10.1. The lowest BCUT2D eigenvalue weighted by Crippen LogP contribution is -2.38. The summed E-state index contributed by atoms with van der Waals surface area (Å²) >= 11 is 0. The third-order valence-electron chi connectivity index (χ3n) is 3.84. The molecule has 0 bridgehead atoms. The normalized spacial score (nSPS) is 12.1. The van der Waals surface area contributed by atoms with Gasteiger partial charge in [-0.25, -0.2) is 9.97 Å². The zero-order valence-electron chi connectivity index (χ0n) is 13.6. The highest BCUT2D eigenvalue weighted by Gasteiger charge is 2.20. The quantitative estimate of drug-likeness (QED) is 0.815. The fraction of sp³-hybridized carbons (Fsp3) is 0.353. The number of nitrogen functional groups attached to an aromatic ring is 1. The van der Waals surface area contributed by atoms with Gasteiger partial charge in [0.05, 0.1) is 6.04 Å². The van der Waals surface area contributed by atoms with E-state index in [1.54, 1.807) is 0 Å². The first-order valence-corrected chi connectivity index (χ1v) is 7.81. The van der Waals surface area contributed by atoms with E-state index in [1.165, 1.54) is 18.0 Å². The van der Waals surface area contributed by atoms with E-state index in [0.717, 1.165) is 13.1 Å². The van der Waals surface area contributed by atoms with Crippen molar-refractivity contribution in [2.75, 3.05) is 25.4 Å². The number of nitrogens with two attached hydrogens (primary N) is 1. The fourth-order valence-corrected chi connectivity index (χ4v) is 2.59. The Morgan fingerprint density at radius 3 is 2.43 bits per heavy atom. The van der Waals surface area contributed by atoms with E-state index < -0.39 is 0 Å². The van der Waals surface area contributed by atoms with Crippen molar-refractivity contribution in [2.24, 2.45) is 0 Å². The van der Waals surface area contributed by atoms with Crippen LogP contribution in [0.5, 0.6) is 0 Å². The van der Waals surface area contributed by atoms with Crippen molar-refractivity contribution in [3.8, 4) is 0 Å². The van der Waals surface area contributed by atoms with Crippen molar-refractivity contribution in [3.63, 3.8) is 0 Å². The fourth-order valence-electron chi connectivity index (χ4n) is 2.59. The second-order valence-corrected chi connectivity index (χ2v) is 5.15. The summed E-state index contributed by atoms with van der Waals surface area (Å²) in [5.41, 5.74) is 7.04. The summed E-state index contributed by atoms with van der Waals surface area (Å²) < 4.78 is 0. The van der Waals surface area contributed by atoms with Crippen molar-refractivity contribution in [1.82, 2.24) is 20.2 Å². The molecule has 2 aromatic rings. The third kappa shape index (κ3) is 4.26. The minimum absolute atomic E-state index is 0.105. The van der Waals surface area contributed by atoms with Crippen LogP contribution in [0.3, 0.4) is 0 Å². The first-order chi connectivity index (χ1) is 11.2. The summed E-state index contributed by atoms with van der Waals surface area (Å²) in [6.07, 6.45) is 2.93. The van der Waals surface area contributed by atoms with E-state index in [0.29, 0.717) is 6.54 Å². The number of hydrogen-bond donors (Lipinski definition) is 2. The summed E-state index contributed by atoms with van der Waals surface area (Å²) in [4.78, 5) is 22.5. The van der Waals surface area contributed by atoms with E-state index >= 15 is 0 Å². The van der Waals surface area contributed by atoms with Crippen molar-refractivity contribution in [3.05, 3.63) is 54.0 Å². The Morgan fingerprint density at radius 2 is 1.83 bits per heavy atom. The van der Waals surface area contributed by atoms with E-state index in [4.69, 9.17) is 5.73 Å². The predicted molar refractivity (Wildman–Crippen MR) is 90.9 cm³/mol. The molecule has 0 unspecified atom stereocenters. The van der Waals surface area contributed by atoms with Gasteiger partial charge in [0, 0.05) is 18.9 Å². The maximum atomic E-state index is 12.3. The number of benzene rings is 1. The standard InChI is InChI=1S/C17H23N5O/c1-3-22(4-2)14(13-8-6-5-7-9-13)12-21-17(23)15-16(18)20-11-10-19-15/h5-11,14H,3-4,12H2,1-2H3,(H2,18,20)(H,21,23)/t14-/m1/s1. The molecule has 0 radical (unpaired) electrons. The molecule has 1 atom stereocenters. The van der Waals surface area contributed by atoms with Crippen LogP contribution in [0, 0.1) is 0 Å². The number of aromatic nitrogens is 2. The predicted octanol–water partition coefficient (Wildman–Crippen LogP) is 1.87. The Bertz CT molecular complexity index is 628. The molecule has 1 heterocycles. The highest BCUT2D eigenvalue weighted by atomic mass is 16.1. The molecule has 2 rings (SSSR count). The lowest BCUT2D eigenvalue weighted by molar-refractivity contribution is 0.0930. The van der Waals surface area contributed by atoms with Gasteiger partial charge in [-0.1, -0.05) is 44.2 Å². The van der Waals surface area contributed by atoms with Crippen molar-refractivity contribution in [2.45, 2.75) is 19.9 Å². The van der Waals surface area contributed by atoms with Crippen molar-refractivity contribution >= 4 is 11.7 Å². The van der Waals surface area contributed by atoms with Crippen LogP contribution in [0.4, 0.5) is 5.82 Å². The molecule has 0 aliphatic carbocycles. The molecule has 3 N–H and O–H groups in total. The topological polar surface area (TPSA) is 84.1 Å². The zero-order chi connectivity index (χ0) is 16.7. The largest absolute Gasteiger partial charge is 0.382 e. The average molecular weight is 313 g/mol. The number of rotatable bonds is 7. The monoisotopic (exact) mass is 313 g/mol. The molecular formula is C17H23N5O. The number of nitrogens with one attached hydrogen (secondary N) is 1. The second-order valence-electron chi connectivity index (χ2n) is 5.15. The lowest BCUT2D eigenvalue weighted by Gasteiger charge is -2.30. The summed E-state index contributed by atoms with van der Waals surface area (Å²) in [6, 6.07) is 10.3. The Balaban J connectivity index is 2.12. The molecule has 0 spiro atoms. The third-order valence-corrected chi connectivity index (χ3v) is 3.84. The number of likely N-dealkylation sites (N-methyl/N-ethyl adjacent to an activating group) is 1. The van der Waals surface area contributed by atoms with Gasteiger partial charge in [0.15, 0.2) is 11.5 Å². The highest BCUT2D eigenvalue weighted by Crippen LogP contribution is 2.19. The minimum Gasteiger partial charge on any atom is -0.382 e. The number of nitrogens with zero attached hydrogens (tertiary/aromatic N) is 3. The molecule has 0 saturated carbocycles. The molecule has 1 amide bonds. The van der Waals surface area contributed by atoms with Gasteiger partial charge in [0.1, 0.15) is 0 Å². The number of carbonyl (C=O) groups is 1. The molecule has 0 aliphatic rings. The molecule has 1 aromatic carbocycles. The second kappa shape index (κ2) is 8.24. The first kappa shape index (κ1) is 16.9. The Morgan fingerprint density at radius 1 is 1.17 bits per heavy atom. The first-order valence-electron chi connectivity index (χ1n) is 7.81. The molecular weight excluding hydrogens is 290 g/mol. The molecule has 0 fully saturated rings. The van der Waals surface area contributed by atoms with Crippen LogP contribution in [0.25, 0.3) is 0 Å². The molecule has 6 heteroatoms. The highest BCUT2D eigenvalue weighted by molar-refractivity contribution is 5.96. The Hall–Kier alpha value is -2.47. The molecule has 23 heavy (non-hydrogen) atoms. The van der Waals surface area contributed by atoms with E-state index in [1.807, 2.05) is 18.2 Å². The van der Waals surface area contributed by atoms with E-state index in [9.17, 15) is 4.79 Å². The summed E-state index contributed by atoms with van der Waals surface area (Å²) in [7, 11) is 0. The molecule has 1 aromatic heterocycles. The van der Waals surface area contributed by atoms with Crippen LogP contribution in [-0.2, 0) is 0 Å². The summed E-state index contributed by atoms with van der Waals surface area (Å²) in [5, 5.41) is 2.92. The van der Waals surface area contributed by atoms with Gasteiger partial charge in [-0.15, -0.1) is 0 Å². The summed E-state index contributed by atoms with van der Waals surface area (Å²) in [5.74, 6) is -0.159. The van der Waals surface area contributed by atoms with Crippen molar-refractivity contribution in [1.29, 1.82) is 0 Å². The molecule has 0 saturated heterocycles. The molecule has 6 nitrogen and oxygen atoms in total. The molecule has 0 aliphatic heterocycles. The van der Waals surface area contributed by atoms with Crippen LogP contribution in [-0.4, -0.2) is 40.4 Å². The maximum absolute atomic E-state index is 12.3. The van der Waals surface area contributed by atoms with Gasteiger partial charge in [0.2, 0.25) is 0 Å². The maximum Gasteiger partial charge on any atom is 0.273 e. The number of amides is 1. The summed E-state index contributed by atoms with van der Waals surface area (Å²) in [6.45, 7) is 6.52. The number of hydrogen-bond acceptors (Lipinski definition) is 5. The van der Waals surface area contributed by atoms with Gasteiger partial charge in [-0.3, -0.25) is 9.69 Å². The van der Waals surface area contributed by atoms with Crippen molar-refractivity contribution < 1.29 is 4.79 Å². The van der Waals surface area contributed by atoms with Crippen LogP contribution in [0.15, 0.2) is 42.7 Å². The Kier molecular flexibility index (Phi) is 6.05. The van der Waals surface area contributed by atoms with Crippen LogP contribution >= 0.6 is 0 Å². The van der Waals surface area contributed by atoms with Gasteiger partial charge in [-0.05, 0) is 18.7 Å². The number of carbonyl (C=O) groups excluding carboxylic acids is 1. The van der Waals surface area contributed by atoms with Crippen LogP contribution < -0.4 is 11.1 Å². The van der Waals surface area contributed by atoms with Gasteiger partial charge in [-0.2, -0.15) is 0 Å². The van der Waals surface area contributed by atoms with E-state index in [-0.39, 0.29) is 23.5 Å². The zero-order valence-corrected chi connectivity index (χ0v) is 13.6. The van der Waals surface area contributed by atoms with E-state index in [2.05, 4.69) is 46.2 Å². The van der Waals surface area contributed by atoms with Crippen LogP contribution in [0.1, 0.15) is 35.9 Å². The average Bonchev–Trinajstić information content (AvgIpc) is 2.59. The smallest absolute Gasteiger partial charge is 0.273 e. The van der Waals surface area contributed by atoms with Gasteiger partial charge >= 0.3 is 0 Å². The number of anilines is 1. The van der Waals surface area contributed by atoms with Crippen LogP contribution in [0.2, 0.25) is 0 Å².